The van der Waals surface area contributed by atoms with E-state index in [0.717, 1.165) is 0 Å². The molecule has 0 bridgehead atoms. The largest absolute Gasteiger partial charge is 0.280 e. The SMILES string of the molecule is Cc1cc(Cl)c(Cl)cc1S(=O)(=O)Nc1ccc(F)cc1. The highest BCUT2D eigenvalue weighted by Crippen LogP contribution is 2.29. The first kappa shape index (κ1) is 15.1. The predicted octanol–water partition coefficient (Wildman–Crippen LogP) is 4.24. The van der Waals surface area contributed by atoms with Crippen LogP contribution in [-0.2, 0) is 10.0 Å². The van der Waals surface area contributed by atoms with Gasteiger partial charge in [-0.2, -0.15) is 0 Å². The second kappa shape index (κ2) is 5.60. The quantitative estimate of drug-likeness (QED) is 0.912. The van der Waals surface area contributed by atoms with Crippen LogP contribution in [0.4, 0.5) is 10.1 Å². The fraction of sp³-hybridized carbons (Fsp3) is 0.0769. The first-order chi connectivity index (χ1) is 9.29. The molecule has 2 rings (SSSR count). The molecule has 0 radical (unpaired) electrons. The lowest BCUT2D eigenvalue weighted by molar-refractivity contribution is 0.600. The zero-order valence-electron chi connectivity index (χ0n) is 10.3. The molecule has 0 amide bonds. The highest BCUT2D eigenvalue weighted by atomic mass is 35.5. The van der Waals surface area contributed by atoms with Crippen LogP contribution in [0.15, 0.2) is 41.3 Å². The summed E-state index contributed by atoms with van der Waals surface area (Å²) >= 11 is 11.7. The smallest absolute Gasteiger partial charge is 0.262 e. The fourth-order valence-electron chi connectivity index (χ4n) is 1.65. The van der Waals surface area contributed by atoms with Crippen LogP contribution in [0.2, 0.25) is 10.0 Å². The molecule has 20 heavy (non-hydrogen) atoms. The third-order valence-corrected chi connectivity index (χ3v) is 4.85. The average molecular weight is 334 g/mol. The summed E-state index contributed by atoms with van der Waals surface area (Å²) in [5, 5.41) is 0.432. The molecule has 0 saturated heterocycles. The molecule has 0 heterocycles. The van der Waals surface area contributed by atoms with Crippen LogP contribution in [0.25, 0.3) is 0 Å². The van der Waals surface area contributed by atoms with Gasteiger partial charge >= 0.3 is 0 Å². The van der Waals surface area contributed by atoms with Gasteiger partial charge in [0.25, 0.3) is 10.0 Å². The van der Waals surface area contributed by atoms with E-state index in [9.17, 15) is 12.8 Å². The third-order valence-electron chi connectivity index (χ3n) is 2.60. The van der Waals surface area contributed by atoms with E-state index in [0.29, 0.717) is 5.56 Å². The molecule has 7 heteroatoms. The fourth-order valence-corrected chi connectivity index (χ4v) is 3.40. The van der Waals surface area contributed by atoms with Gasteiger partial charge in [0.2, 0.25) is 0 Å². The van der Waals surface area contributed by atoms with E-state index >= 15 is 0 Å². The highest BCUT2D eigenvalue weighted by molar-refractivity contribution is 7.92. The Labute approximate surface area is 126 Å². The van der Waals surface area contributed by atoms with Crippen molar-refractivity contribution in [3.8, 4) is 0 Å². The zero-order chi connectivity index (χ0) is 14.9. The molecule has 0 unspecified atom stereocenters. The second-order valence-corrected chi connectivity index (χ2v) is 6.61. The average Bonchev–Trinajstić information content (AvgIpc) is 2.36. The molecule has 0 spiro atoms. The zero-order valence-corrected chi connectivity index (χ0v) is 12.7. The third kappa shape index (κ3) is 3.23. The minimum Gasteiger partial charge on any atom is -0.280 e. The van der Waals surface area contributed by atoms with Crippen molar-refractivity contribution in [3.63, 3.8) is 0 Å². The van der Waals surface area contributed by atoms with Crippen LogP contribution in [0.5, 0.6) is 0 Å². The van der Waals surface area contributed by atoms with E-state index in [4.69, 9.17) is 23.2 Å². The van der Waals surface area contributed by atoms with E-state index in [1.165, 1.54) is 36.4 Å². The molecule has 0 aliphatic rings. The minimum absolute atomic E-state index is 0.0243. The Morgan fingerprint density at radius 2 is 1.60 bits per heavy atom. The summed E-state index contributed by atoms with van der Waals surface area (Å²) in [6.07, 6.45) is 0. The summed E-state index contributed by atoms with van der Waals surface area (Å²) in [5.41, 5.74) is 0.728. The Balaban J connectivity index is 2.40. The molecule has 0 fully saturated rings. The summed E-state index contributed by atoms with van der Waals surface area (Å²) in [6, 6.07) is 7.76. The van der Waals surface area contributed by atoms with Crippen molar-refractivity contribution in [3.05, 3.63) is 57.8 Å². The van der Waals surface area contributed by atoms with E-state index in [2.05, 4.69) is 4.72 Å². The maximum Gasteiger partial charge on any atom is 0.262 e. The van der Waals surface area contributed by atoms with Gasteiger partial charge < -0.3 is 0 Å². The number of hydrogen-bond acceptors (Lipinski definition) is 2. The van der Waals surface area contributed by atoms with Crippen LogP contribution >= 0.6 is 23.2 Å². The Morgan fingerprint density at radius 3 is 2.20 bits per heavy atom. The maximum atomic E-state index is 12.8. The van der Waals surface area contributed by atoms with Crippen LogP contribution < -0.4 is 4.72 Å². The number of halogens is 3. The molecule has 2 aromatic rings. The highest BCUT2D eigenvalue weighted by Gasteiger charge is 2.18. The Bertz CT molecular complexity index is 746. The van der Waals surface area contributed by atoms with Gasteiger partial charge in [-0.15, -0.1) is 0 Å². The molecule has 0 aliphatic heterocycles. The van der Waals surface area contributed by atoms with Gasteiger partial charge in [-0.25, -0.2) is 12.8 Å². The van der Waals surface area contributed by atoms with Gasteiger partial charge in [0.15, 0.2) is 0 Å². The topological polar surface area (TPSA) is 46.2 Å². The van der Waals surface area contributed by atoms with Gasteiger partial charge in [0, 0.05) is 5.69 Å². The predicted molar refractivity (Wildman–Crippen MR) is 78.4 cm³/mol. The summed E-state index contributed by atoms with van der Waals surface area (Å²) in [6.45, 7) is 1.61. The number of aryl methyl sites for hydroxylation is 1. The van der Waals surface area contributed by atoms with Gasteiger partial charge in [0.05, 0.1) is 14.9 Å². The Kier molecular flexibility index (Phi) is 4.22. The van der Waals surface area contributed by atoms with Gasteiger partial charge in [-0.05, 0) is 48.9 Å². The van der Waals surface area contributed by atoms with E-state index in [1.807, 2.05) is 0 Å². The van der Waals surface area contributed by atoms with E-state index in [-0.39, 0.29) is 20.6 Å². The summed E-state index contributed by atoms with van der Waals surface area (Å²) in [4.78, 5) is 0.0243. The van der Waals surface area contributed by atoms with Crippen molar-refractivity contribution in [2.75, 3.05) is 4.72 Å². The summed E-state index contributed by atoms with van der Waals surface area (Å²) in [7, 11) is -3.81. The van der Waals surface area contributed by atoms with Crippen LogP contribution in [0, 0.1) is 12.7 Å². The molecular formula is C13H10Cl2FNO2S. The number of nitrogens with one attached hydrogen (secondary N) is 1. The van der Waals surface area contributed by atoms with Crippen LogP contribution in [0.3, 0.4) is 0 Å². The first-order valence-electron chi connectivity index (χ1n) is 5.53. The molecular weight excluding hydrogens is 324 g/mol. The van der Waals surface area contributed by atoms with Gasteiger partial charge in [-0.3, -0.25) is 4.72 Å². The number of benzene rings is 2. The number of anilines is 1. The van der Waals surface area contributed by atoms with Crippen molar-refractivity contribution < 1.29 is 12.8 Å². The number of rotatable bonds is 3. The molecule has 106 valence electrons. The van der Waals surface area contributed by atoms with Crippen molar-refractivity contribution >= 4 is 38.9 Å². The Morgan fingerprint density at radius 1 is 1.05 bits per heavy atom. The van der Waals surface area contributed by atoms with Crippen molar-refractivity contribution in [1.82, 2.24) is 0 Å². The number of hydrogen-bond donors (Lipinski definition) is 1. The summed E-state index contributed by atoms with van der Waals surface area (Å²) < 4.78 is 39.7. The van der Waals surface area contributed by atoms with Crippen LogP contribution in [-0.4, -0.2) is 8.42 Å². The second-order valence-electron chi connectivity index (χ2n) is 4.14. The molecule has 1 N–H and O–H groups in total. The van der Waals surface area contributed by atoms with E-state index < -0.39 is 15.8 Å². The Hall–Kier alpha value is -1.30. The van der Waals surface area contributed by atoms with Crippen LogP contribution in [0.1, 0.15) is 5.56 Å². The van der Waals surface area contributed by atoms with Gasteiger partial charge in [-0.1, -0.05) is 23.2 Å². The number of sulfonamides is 1. The standard InChI is InChI=1S/C13H10Cl2FNO2S/c1-8-6-11(14)12(15)7-13(8)20(18,19)17-10-4-2-9(16)3-5-10/h2-7,17H,1H3. The molecule has 3 nitrogen and oxygen atoms in total. The van der Waals surface area contributed by atoms with Crippen molar-refractivity contribution in [1.29, 1.82) is 0 Å². The lowest BCUT2D eigenvalue weighted by Gasteiger charge is -2.11. The monoisotopic (exact) mass is 333 g/mol. The summed E-state index contributed by atoms with van der Waals surface area (Å²) in [5.74, 6) is -0.446. The molecule has 0 atom stereocenters. The molecule has 2 aromatic carbocycles. The van der Waals surface area contributed by atoms with Gasteiger partial charge in [0.1, 0.15) is 5.82 Å². The maximum absolute atomic E-state index is 12.8. The molecule has 0 aliphatic carbocycles. The van der Waals surface area contributed by atoms with Crippen molar-refractivity contribution in [2.45, 2.75) is 11.8 Å². The normalized spacial score (nSPS) is 11.4. The lowest BCUT2D eigenvalue weighted by Crippen LogP contribution is -2.14. The van der Waals surface area contributed by atoms with Crippen molar-refractivity contribution in [2.24, 2.45) is 0 Å². The lowest BCUT2D eigenvalue weighted by atomic mass is 10.2. The first-order valence-corrected chi connectivity index (χ1v) is 7.77. The molecule has 0 aromatic heterocycles. The molecule has 0 saturated carbocycles. The minimum atomic E-state index is -3.81. The van der Waals surface area contributed by atoms with E-state index in [1.54, 1.807) is 6.92 Å².